The minimum absolute atomic E-state index is 0.246. The van der Waals surface area contributed by atoms with Crippen LogP contribution in [0.4, 0.5) is 0 Å². The lowest BCUT2D eigenvalue weighted by Crippen LogP contribution is -2.34. The highest BCUT2D eigenvalue weighted by atomic mass is 16.5. The molecule has 0 spiro atoms. The van der Waals surface area contributed by atoms with Gasteiger partial charge in [-0.3, -0.25) is 4.79 Å². The molecule has 4 heteroatoms. The minimum atomic E-state index is -0.740. The third-order valence-corrected chi connectivity index (χ3v) is 3.66. The third-order valence-electron chi connectivity index (χ3n) is 3.66. The zero-order valence-corrected chi connectivity index (χ0v) is 11.2. The topological polar surface area (TPSA) is 55.8 Å². The van der Waals surface area contributed by atoms with Crippen LogP contribution in [0.25, 0.3) is 0 Å². The summed E-state index contributed by atoms with van der Waals surface area (Å²) in [5.41, 5.74) is -0.696. The zero-order valence-electron chi connectivity index (χ0n) is 11.2. The van der Waals surface area contributed by atoms with Gasteiger partial charge in [0.2, 0.25) is 0 Å². The maximum atomic E-state index is 11.4. The molecule has 19 heavy (non-hydrogen) atoms. The van der Waals surface area contributed by atoms with Gasteiger partial charge in [0.05, 0.1) is 6.61 Å². The molecule has 104 valence electrons. The first kappa shape index (κ1) is 13.7. The molecule has 1 fully saturated rings. The number of benzene rings is 1. The number of carboxylic acids is 1. The van der Waals surface area contributed by atoms with Crippen molar-refractivity contribution in [2.45, 2.75) is 32.6 Å². The molecular formula is C15H20O4. The Balaban J connectivity index is 1.95. The Kier molecular flexibility index (Phi) is 4.30. The maximum Gasteiger partial charge on any atom is 0.313 e. The van der Waals surface area contributed by atoms with Gasteiger partial charge in [0, 0.05) is 0 Å². The summed E-state index contributed by atoms with van der Waals surface area (Å²) in [4.78, 5) is 11.4. The first-order chi connectivity index (χ1) is 9.16. The SMILES string of the molecule is CCOc1ccc(OCC2(C(=O)O)CCCC2)cc1. The summed E-state index contributed by atoms with van der Waals surface area (Å²) in [7, 11) is 0. The molecule has 1 aliphatic rings. The van der Waals surface area contributed by atoms with Crippen molar-refractivity contribution in [2.75, 3.05) is 13.2 Å². The lowest BCUT2D eigenvalue weighted by atomic mass is 9.87. The van der Waals surface area contributed by atoms with E-state index in [1.807, 2.05) is 31.2 Å². The fourth-order valence-corrected chi connectivity index (χ4v) is 2.49. The van der Waals surface area contributed by atoms with Crippen molar-refractivity contribution in [2.24, 2.45) is 5.41 Å². The van der Waals surface area contributed by atoms with Crippen LogP contribution in [0, 0.1) is 5.41 Å². The Morgan fingerprint density at radius 3 is 2.16 bits per heavy atom. The van der Waals surface area contributed by atoms with Crippen LogP contribution in [0.3, 0.4) is 0 Å². The molecule has 2 rings (SSSR count). The van der Waals surface area contributed by atoms with Gasteiger partial charge in [0.1, 0.15) is 23.5 Å². The van der Waals surface area contributed by atoms with Gasteiger partial charge in [-0.25, -0.2) is 0 Å². The molecule has 0 bridgehead atoms. The van der Waals surface area contributed by atoms with Crippen molar-refractivity contribution in [3.8, 4) is 11.5 Å². The van der Waals surface area contributed by atoms with Gasteiger partial charge in [-0.1, -0.05) is 12.8 Å². The maximum absolute atomic E-state index is 11.4. The first-order valence-corrected chi connectivity index (χ1v) is 6.75. The largest absolute Gasteiger partial charge is 0.494 e. The van der Waals surface area contributed by atoms with Gasteiger partial charge in [0.15, 0.2) is 0 Å². The molecule has 1 N–H and O–H groups in total. The van der Waals surface area contributed by atoms with E-state index in [1.165, 1.54) is 0 Å². The Bertz CT molecular complexity index is 418. The van der Waals surface area contributed by atoms with Gasteiger partial charge >= 0.3 is 5.97 Å². The lowest BCUT2D eigenvalue weighted by Gasteiger charge is -2.23. The summed E-state index contributed by atoms with van der Waals surface area (Å²) in [6, 6.07) is 7.30. The van der Waals surface area contributed by atoms with Gasteiger partial charge in [-0.2, -0.15) is 0 Å². The molecule has 0 atom stereocenters. The Morgan fingerprint density at radius 1 is 1.16 bits per heavy atom. The number of hydrogen-bond acceptors (Lipinski definition) is 3. The summed E-state index contributed by atoms with van der Waals surface area (Å²) in [5.74, 6) is 0.746. The lowest BCUT2D eigenvalue weighted by molar-refractivity contribution is -0.150. The number of carboxylic acid groups (broad SMARTS) is 1. The summed E-state index contributed by atoms with van der Waals surface area (Å²) in [6.07, 6.45) is 3.36. The van der Waals surface area contributed by atoms with Crippen molar-refractivity contribution in [1.29, 1.82) is 0 Å². The van der Waals surface area contributed by atoms with Gasteiger partial charge in [0.25, 0.3) is 0 Å². The summed E-state index contributed by atoms with van der Waals surface area (Å²) in [6.45, 7) is 2.81. The van der Waals surface area contributed by atoms with Gasteiger partial charge in [-0.15, -0.1) is 0 Å². The molecule has 0 heterocycles. The predicted octanol–water partition coefficient (Wildman–Crippen LogP) is 3.11. The smallest absolute Gasteiger partial charge is 0.313 e. The van der Waals surface area contributed by atoms with Gasteiger partial charge < -0.3 is 14.6 Å². The number of carbonyl (C=O) groups is 1. The van der Waals surface area contributed by atoms with Crippen LogP contribution in [0.2, 0.25) is 0 Å². The third kappa shape index (κ3) is 3.19. The van der Waals surface area contributed by atoms with E-state index < -0.39 is 11.4 Å². The number of hydrogen-bond donors (Lipinski definition) is 1. The molecular weight excluding hydrogens is 244 g/mol. The van der Waals surface area contributed by atoms with E-state index >= 15 is 0 Å². The monoisotopic (exact) mass is 264 g/mol. The molecule has 4 nitrogen and oxygen atoms in total. The minimum Gasteiger partial charge on any atom is -0.494 e. The van der Waals surface area contributed by atoms with Crippen molar-refractivity contribution < 1.29 is 19.4 Å². The summed E-state index contributed by atoms with van der Waals surface area (Å²) in [5, 5.41) is 9.36. The molecule has 0 radical (unpaired) electrons. The van der Waals surface area contributed by atoms with E-state index in [4.69, 9.17) is 9.47 Å². The normalized spacial score (nSPS) is 17.1. The Morgan fingerprint density at radius 2 is 1.68 bits per heavy atom. The van der Waals surface area contributed by atoms with Crippen LogP contribution in [-0.4, -0.2) is 24.3 Å². The standard InChI is InChI=1S/C15H20O4/c1-2-18-12-5-7-13(8-6-12)19-11-15(14(16)17)9-3-4-10-15/h5-8H,2-4,9-11H2,1H3,(H,16,17). The number of aliphatic carboxylic acids is 1. The highest BCUT2D eigenvalue weighted by molar-refractivity contribution is 5.75. The molecule has 1 aromatic rings. The second kappa shape index (κ2) is 5.95. The van der Waals surface area contributed by atoms with Crippen LogP contribution in [-0.2, 0) is 4.79 Å². The number of ether oxygens (including phenoxy) is 2. The Labute approximate surface area is 113 Å². The molecule has 0 unspecified atom stereocenters. The van der Waals surface area contributed by atoms with E-state index in [2.05, 4.69) is 0 Å². The van der Waals surface area contributed by atoms with Crippen LogP contribution in [0.15, 0.2) is 24.3 Å². The van der Waals surface area contributed by atoms with E-state index in [0.29, 0.717) is 25.2 Å². The van der Waals surface area contributed by atoms with Crippen molar-refractivity contribution in [1.82, 2.24) is 0 Å². The molecule has 0 amide bonds. The second-order valence-electron chi connectivity index (χ2n) is 4.99. The van der Waals surface area contributed by atoms with Gasteiger partial charge in [-0.05, 0) is 44.0 Å². The molecule has 1 aromatic carbocycles. The fourth-order valence-electron chi connectivity index (χ4n) is 2.49. The van der Waals surface area contributed by atoms with E-state index in [1.54, 1.807) is 0 Å². The summed E-state index contributed by atoms with van der Waals surface area (Å²) < 4.78 is 11.0. The summed E-state index contributed by atoms with van der Waals surface area (Å²) >= 11 is 0. The van der Waals surface area contributed by atoms with Crippen molar-refractivity contribution in [3.05, 3.63) is 24.3 Å². The highest BCUT2D eigenvalue weighted by Gasteiger charge is 2.42. The van der Waals surface area contributed by atoms with Crippen LogP contribution in [0.5, 0.6) is 11.5 Å². The molecule has 0 aromatic heterocycles. The highest BCUT2D eigenvalue weighted by Crippen LogP contribution is 2.38. The fraction of sp³-hybridized carbons (Fsp3) is 0.533. The quantitative estimate of drug-likeness (QED) is 0.857. The molecule has 0 saturated heterocycles. The number of rotatable bonds is 6. The van der Waals surface area contributed by atoms with E-state index in [9.17, 15) is 9.90 Å². The molecule has 1 aliphatic carbocycles. The molecule has 1 saturated carbocycles. The average molecular weight is 264 g/mol. The predicted molar refractivity (Wildman–Crippen MR) is 71.6 cm³/mol. The van der Waals surface area contributed by atoms with Crippen molar-refractivity contribution in [3.63, 3.8) is 0 Å². The second-order valence-corrected chi connectivity index (χ2v) is 4.99. The van der Waals surface area contributed by atoms with Crippen LogP contribution in [0.1, 0.15) is 32.6 Å². The van der Waals surface area contributed by atoms with E-state index in [0.717, 1.165) is 18.6 Å². The van der Waals surface area contributed by atoms with Crippen LogP contribution >= 0.6 is 0 Å². The van der Waals surface area contributed by atoms with E-state index in [-0.39, 0.29) is 6.61 Å². The Hall–Kier alpha value is -1.71. The molecule has 0 aliphatic heterocycles. The van der Waals surface area contributed by atoms with Crippen molar-refractivity contribution >= 4 is 5.97 Å². The first-order valence-electron chi connectivity index (χ1n) is 6.75. The van der Waals surface area contributed by atoms with Crippen LogP contribution < -0.4 is 9.47 Å². The zero-order chi connectivity index (χ0) is 13.7. The average Bonchev–Trinajstić information content (AvgIpc) is 2.88.